The lowest BCUT2D eigenvalue weighted by Crippen LogP contribution is -2.28. The Bertz CT molecular complexity index is 1150. The summed E-state index contributed by atoms with van der Waals surface area (Å²) in [5, 5.41) is 3.89. The highest BCUT2D eigenvalue weighted by Gasteiger charge is 2.30. The van der Waals surface area contributed by atoms with Gasteiger partial charge in [-0.25, -0.2) is 14.4 Å². The monoisotopic (exact) mass is 480 g/mol. The van der Waals surface area contributed by atoms with Gasteiger partial charge in [0.1, 0.15) is 11.9 Å². The van der Waals surface area contributed by atoms with Gasteiger partial charge in [-0.1, -0.05) is 38.3 Å². The summed E-state index contributed by atoms with van der Waals surface area (Å²) in [6.45, 7) is 9.74. The standard InChI is InChI=1S/C27H33FN4OS/c1-4-17-12-16(3)24-25(30-15-17)32(11-10-29-26(33)19-6-7-19)27(31-24)34-23-14-21-20(8-9-22(21)28)13-18(23)5-2/h13-15,17,19,22H,3-12H2,1-2H3,(H,29,33). The maximum absolute atomic E-state index is 14.5. The number of allylic oxidation sites excluding steroid dienone is 1. The van der Waals surface area contributed by atoms with Crippen molar-refractivity contribution in [3.8, 4) is 0 Å². The first-order chi connectivity index (χ1) is 16.5. The van der Waals surface area contributed by atoms with Crippen LogP contribution in [0.1, 0.15) is 74.5 Å². The summed E-state index contributed by atoms with van der Waals surface area (Å²) in [5.74, 6) is 1.49. The fourth-order valence-electron chi connectivity index (χ4n) is 4.85. The molecule has 5 nitrogen and oxygen atoms in total. The molecule has 1 N–H and O–H groups in total. The molecule has 1 amide bonds. The molecule has 1 aliphatic heterocycles. The molecule has 1 aromatic heterocycles. The number of amides is 1. The van der Waals surface area contributed by atoms with E-state index in [9.17, 15) is 9.18 Å². The molecule has 0 bridgehead atoms. The topological polar surface area (TPSA) is 59.3 Å². The van der Waals surface area contributed by atoms with E-state index in [1.165, 1.54) is 5.56 Å². The first-order valence-electron chi connectivity index (χ1n) is 12.6. The van der Waals surface area contributed by atoms with Crippen molar-refractivity contribution in [3.05, 3.63) is 41.1 Å². The van der Waals surface area contributed by atoms with Gasteiger partial charge in [-0.15, -0.1) is 0 Å². The molecule has 2 unspecified atom stereocenters. The number of alkyl halides is 1. The largest absolute Gasteiger partial charge is 0.354 e. The number of imidazole rings is 1. The Labute approximate surface area is 205 Å². The average molecular weight is 481 g/mol. The maximum Gasteiger partial charge on any atom is 0.223 e. The van der Waals surface area contributed by atoms with Crippen LogP contribution in [0.3, 0.4) is 0 Å². The SMILES string of the molecule is C=C1CC(CC)C=Nc2c1nc(Sc1cc3c(cc1CC)CCC3F)n2CCNC(=O)C1CC1. The molecule has 34 heavy (non-hydrogen) atoms. The molecule has 5 rings (SSSR count). The summed E-state index contributed by atoms with van der Waals surface area (Å²) in [6.07, 6.45) is 7.23. The number of hydrogen-bond acceptors (Lipinski definition) is 4. The predicted octanol–water partition coefficient (Wildman–Crippen LogP) is 6.23. The second-order valence-corrected chi connectivity index (χ2v) is 10.7. The number of aliphatic imine (C=N–C) groups is 1. The third-order valence-corrected chi connectivity index (χ3v) is 8.27. The molecule has 2 atom stereocenters. The molecule has 0 radical (unpaired) electrons. The van der Waals surface area contributed by atoms with Crippen molar-refractivity contribution in [3.63, 3.8) is 0 Å². The molecule has 1 fully saturated rings. The molecule has 2 aliphatic carbocycles. The van der Waals surface area contributed by atoms with Crippen LogP contribution in [0.2, 0.25) is 0 Å². The van der Waals surface area contributed by atoms with E-state index in [0.717, 1.165) is 76.8 Å². The molecular weight excluding hydrogens is 447 g/mol. The van der Waals surface area contributed by atoms with E-state index >= 15 is 0 Å². The number of halogens is 1. The lowest BCUT2D eigenvalue weighted by atomic mass is 9.98. The minimum atomic E-state index is -0.885. The van der Waals surface area contributed by atoms with Crippen molar-refractivity contribution in [2.24, 2.45) is 16.8 Å². The summed E-state index contributed by atoms with van der Waals surface area (Å²) in [7, 11) is 0. The van der Waals surface area contributed by atoms with Crippen molar-refractivity contribution < 1.29 is 9.18 Å². The van der Waals surface area contributed by atoms with Gasteiger partial charge in [0.2, 0.25) is 5.91 Å². The zero-order valence-electron chi connectivity index (χ0n) is 20.1. The number of hydrogen-bond donors (Lipinski definition) is 1. The Kier molecular flexibility index (Phi) is 6.65. The highest BCUT2D eigenvalue weighted by molar-refractivity contribution is 7.99. The van der Waals surface area contributed by atoms with Crippen LogP contribution < -0.4 is 5.32 Å². The van der Waals surface area contributed by atoms with E-state index in [-0.39, 0.29) is 11.8 Å². The van der Waals surface area contributed by atoms with Crippen LogP contribution in [-0.2, 0) is 24.2 Å². The van der Waals surface area contributed by atoms with Crippen LogP contribution in [0.25, 0.3) is 5.57 Å². The van der Waals surface area contributed by atoms with E-state index in [2.05, 4.69) is 36.4 Å². The molecule has 1 aromatic carbocycles. The molecule has 0 spiro atoms. The number of aromatic nitrogens is 2. The molecule has 3 aliphatic rings. The van der Waals surface area contributed by atoms with E-state index in [1.54, 1.807) is 11.8 Å². The smallest absolute Gasteiger partial charge is 0.223 e. The zero-order valence-corrected chi connectivity index (χ0v) is 20.9. The number of benzene rings is 1. The van der Waals surface area contributed by atoms with Crippen LogP contribution >= 0.6 is 11.8 Å². The van der Waals surface area contributed by atoms with Gasteiger partial charge in [-0.3, -0.25) is 4.79 Å². The predicted molar refractivity (Wildman–Crippen MR) is 136 cm³/mol. The normalized spacial score (nSPS) is 21.3. The van der Waals surface area contributed by atoms with E-state index in [1.807, 2.05) is 12.3 Å². The highest BCUT2D eigenvalue weighted by atomic mass is 32.2. The molecule has 2 aromatic rings. The summed E-state index contributed by atoms with van der Waals surface area (Å²) in [4.78, 5) is 23.1. The van der Waals surface area contributed by atoms with Crippen molar-refractivity contribution in [2.75, 3.05) is 6.54 Å². The Morgan fingerprint density at radius 3 is 2.85 bits per heavy atom. The molecular formula is C27H33FN4OS. The van der Waals surface area contributed by atoms with Gasteiger partial charge in [0.05, 0.1) is 0 Å². The Morgan fingerprint density at radius 1 is 1.29 bits per heavy atom. The quantitative estimate of drug-likeness (QED) is 0.488. The van der Waals surface area contributed by atoms with Crippen molar-refractivity contribution in [1.29, 1.82) is 0 Å². The van der Waals surface area contributed by atoms with Gasteiger partial charge < -0.3 is 9.88 Å². The third kappa shape index (κ3) is 4.59. The first-order valence-corrected chi connectivity index (χ1v) is 13.4. The van der Waals surface area contributed by atoms with Gasteiger partial charge in [0.15, 0.2) is 11.0 Å². The second-order valence-electron chi connectivity index (χ2n) is 9.66. The number of rotatable bonds is 8. The molecule has 2 heterocycles. The van der Waals surface area contributed by atoms with Gasteiger partial charge in [0.25, 0.3) is 0 Å². The number of carbonyl (C=O) groups is 1. The minimum absolute atomic E-state index is 0.139. The zero-order chi connectivity index (χ0) is 23.8. The Hall–Kier alpha value is -2.41. The van der Waals surface area contributed by atoms with Gasteiger partial charge in [-0.2, -0.15) is 0 Å². The fraction of sp³-hybridized carbons (Fsp3) is 0.519. The fourth-order valence-corrected chi connectivity index (χ4v) is 5.99. The van der Waals surface area contributed by atoms with Crippen LogP contribution in [0.4, 0.5) is 10.2 Å². The molecule has 180 valence electrons. The van der Waals surface area contributed by atoms with Crippen molar-refractivity contribution in [2.45, 2.75) is 81.6 Å². The van der Waals surface area contributed by atoms with Crippen molar-refractivity contribution in [1.82, 2.24) is 14.9 Å². The number of nitrogens with zero attached hydrogens (tertiary/aromatic N) is 3. The summed E-state index contributed by atoms with van der Waals surface area (Å²) in [5.41, 5.74) is 5.02. The van der Waals surface area contributed by atoms with Gasteiger partial charge >= 0.3 is 0 Å². The summed E-state index contributed by atoms with van der Waals surface area (Å²) < 4.78 is 16.6. The maximum atomic E-state index is 14.5. The van der Waals surface area contributed by atoms with Crippen molar-refractivity contribution >= 4 is 35.3 Å². The van der Waals surface area contributed by atoms with Crippen LogP contribution in [0.5, 0.6) is 0 Å². The third-order valence-electron chi connectivity index (χ3n) is 7.17. The lowest BCUT2D eigenvalue weighted by Gasteiger charge is -2.14. The van der Waals surface area contributed by atoms with Crippen LogP contribution in [-0.4, -0.2) is 28.2 Å². The number of carbonyl (C=O) groups excluding carboxylic acids is 1. The van der Waals surface area contributed by atoms with Gasteiger partial charge in [0, 0.05) is 30.1 Å². The minimum Gasteiger partial charge on any atom is -0.354 e. The van der Waals surface area contributed by atoms with E-state index in [4.69, 9.17) is 9.98 Å². The number of nitrogens with one attached hydrogen (secondary N) is 1. The second kappa shape index (κ2) is 9.68. The van der Waals surface area contributed by atoms with E-state index in [0.29, 0.717) is 25.4 Å². The molecule has 0 saturated heterocycles. The Balaban J connectivity index is 1.49. The highest BCUT2D eigenvalue weighted by Crippen LogP contribution is 2.43. The summed E-state index contributed by atoms with van der Waals surface area (Å²) >= 11 is 1.58. The van der Waals surface area contributed by atoms with E-state index < -0.39 is 6.17 Å². The van der Waals surface area contributed by atoms with Crippen LogP contribution in [0, 0.1) is 11.8 Å². The molecule has 7 heteroatoms. The summed E-state index contributed by atoms with van der Waals surface area (Å²) in [6, 6.07) is 4.20. The molecule has 1 saturated carbocycles. The first kappa shape index (κ1) is 23.3. The van der Waals surface area contributed by atoms with Gasteiger partial charge in [-0.05, 0) is 79.2 Å². The van der Waals surface area contributed by atoms with Crippen LogP contribution in [0.15, 0.2) is 33.8 Å². The average Bonchev–Trinajstić information content (AvgIpc) is 3.58. The lowest BCUT2D eigenvalue weighted by molar-refractivity contribution is -0.122. The Morgan fingerprint density at radius 2 is 2.12 bits per heavy atom. The number of fused-ring (bicyclic) bond motifs is 2. The number of aryl methyl sites for hydroxylation is 2.